The van der Waals surface area contributed by atoms with E-state index < -0.39 is 0 Å². The maximum absolute atomic E-state index is 11.6. The highest BCUT2D eigenvalue weighted by Gasteiger charge is 2.08. The first-order valence-electron chi connectivity index (χ1n) is 5.72. The molecule has 0 saturated carbocycles. The molecule has 1 rings (SSSR count). The van der Waals surface area contributed by atoms with Crippen LogP contribution in [0.1, 0.15) is 35.7 Å². The molecule has 0 aliphatic heterocycles. The van der Waals surface area contributed by atoms with Crippen LogP contribution >= 0.6 is 0 Å². The molecule has 0 radical (unpaired) electrons. The monoisotopic (exact) mass is 245 g/mol. The van der Waals surface area contributed by atoms with Crippen molar-refractivity contribution in [2.45, 2.75) is 19.8 Å². The van der Waals surface area contributed by atoms with Gasteiger partial charge in [-0.3, -0.25) is 4.79 Å². The van der Waals surface area contributed by atoms with Crippen molar-refractivity contribution in [1.82, 2.24) is 0 Å². The molecule has 0 atom stereocenters. The lowest BCUT2D eigenvalue weighted by Gasteiger charge is -2.03. The number of carbonyl (C=O) groups is 1. The van der Waals surface area contributed by atoms with Crippen LogP contribution in [-0.2, 0) is 0 Å². The number of benzene rings is 1. The summed E-state index contributed by atoms with van der Waals surface area (Å²) in [5, 5.41) is 13.0. The minimum absolute atomic E-state index is 0.00748. The van der Waals surface area contributed by atoms with E-state index >= 15 is 0 Å². The highest BCUT2D eigenvalue weighted by Crippen LogP contribution is 2.20. The molecule has 0 unspecified atom stereocenters. The van der Waals surface area contributed by atoms with Gasteiger partial charge >= 0.3 is 0 Å². The van der Waals surface area contributed by atoms with Crippen molar-refractivity contribution in [1.29, 1.82) is 0 Å². The van der Waals surface area contributed by atoms with Crippen LogP contribution in [0, 0.1) is 0 Å². The number of phenolic OH excluding ortho intramolecular Hbond substituents is 1. The van der Waals surface area contributed by atoms with Gasteiger partial charge in [0.2, 0.25) is 0 Å². The Morgan fingerprint density at radius 1 is 1.56 bits per heavy atom. The molecule has 5 heteroatoms. The van der Waals surface area contributed by atoms with E-state index in [-0.39, 0.29) is 11.5 Å². The topological polar surface area (TPSA) is 86.1 Å². The molecule has 0 saturated heterocycles. The maximum Gasteiger partial charge on any atom is 0.166 e. The van der Waals surface area contributed by atoms with Gasteiger partial charge in [0.1, 0.15) is 5.75 Å². The molecule has 0 fully saturated rings. The van der Waals surface area contributed by atoms with Crippen molar-refractivity contribution in [3.05, 3.63) is 45.8 Å². The highest BCUT2D eigenvalue weighted by molar-refractivity contribution is 5.98. The van der Waals surface area contributed by atoms with Gasteiger partial charge in [-0.25, -0.2) is 0 Å². The molecule has 0 aliphatic carbocycles. The predicted molar refractivity (Wildman–Crippen MR) is 70.4 cm³/mol. The first kappa shape index (κ1) is 13.8. The number of phenols is 1. The fraction of sp³-hybridized carbons (Fsp3) is 0.308. The average Bonchev–Trinajstić information content (AvgIpc) is 2.39. The number of nitrogens with zero attached hydrogens (tertiary/aromatic N) is 3. The Bertz CT molecular complexity index is 503. The minimum atomic E-state index is -0.0863. The molecule has 1 aromatic rings. The number of carbonyl (C=O) groups excluding carboxylic acids is 1. The van der Waals surface area contributed by atoms with Crippen LogP contribution in [0.4, 0.5) is 0 Å². The summed E-state index contributed by atoms with van der Waals surface area (Å²) in [5.74, 6) is -0.0788. The lowest BCUT2D eigenvalue weighted by atomic mass is 10.0. The molecule has 1 N–H and O–H groups in total. The number of aromatic hydroxyl groups is 1. The van der Waals surface area contributed by atoms with Crippen molar-refractivity contribution < 1.29 is 9.90 Å². The summed E-state index contributed by atoms with van der Waals surface area (Å²) in [7, 11) is 0. The van der Waals surface area contributed by atoms with Crippen LogP contribution in [0.25, 0.3) is 16.5 Å². The van der Waals surface area contributed by atoms with Crippen LogP contribution in [-0.4, -0.2) is 17.4 Å². The first-order valence-corrected chi connectivity index (χ1v) is 5.72. The summed E-state index contributed by atoms with van der Waals surface area (Å²) in [6, 6.07) is 4.90. The number of hydrogen-bond donors (Lipinski definition) is 1. The van der Waals surface area contributed by atoms with E-state index in [4.69, 9.17) is 5.53 Å². The van der Waals surface area contributed by atoms with Gasteiger partial charge in [0.05, 0.1) is 5.56 Å². The molecule has 5 nitrogen and oxygen atoms in total. The molecule has 0 spiro atoms. The number of Topliss-reactive ketones (excluding diaryl/α,β-unsaturated/α-hetero) is 1. The van der Waals surface area contributed by atoms with Gasteiger partial charge in [-0.1, -0.05) is 30.3 Å². The molecule has 94 valence electrons. The molecule has 0 bridgehead atoms. The van der Waals surface area contributed by atoms with E-state index in [9.17, 15) is 9.90 Å². The Morgan fingerprint density at radius 3 is 3.00 bits per heavy atom. The van der Waals surface area contributed by atoms with Gasteiger partial charge in [-0.15, -0.1) is 0 Å². The Labute approximate surface area is 105 Å². The van der Waals surface area contributed by atoms with Crippen molar-refractivity contribution in [3.63, 3.8) is 0 Å². The van der Waals surface area contributed by atoms with Crippen molar-refractivity contribution in [2.24, 2.45) is 5.11 Å². The SMILES string of the molecule is CCC(=O)c1cc(C=CCCN=[N+]=[N-])ccc1O. The maximum atomic E-state index is 11.6. The third-order valence-electron chi connectivity index (χ3n) is 2.41. The Balaban J connectivity index is 2.78. The van der Waals surface area contributed by atoms with Crippen LogP contribution in [0.3, 0.4) is 0 Å². The number of ketones is 1. The van der Waals surface area contributed by atoms with Crippen molar-refractivity contribution in [3.8, 4) is 5.75 Å². The molecule has 0 aromatic heterocycles. The molecule has 0 aliphatic rings. The molecule has 0 amide bonds. The standard InChI is InChI=1S/C13H15N3O2/c1-2-12(17)11-9-10(6-7-13(11)18)5-3-4-8-15-16-14/h3,5-7,9,18H,2,4,8H2,1H3. The van der Waals surface area contributed by atoms with E-state index in [1.54, 1.807) is 19.1 Å². The fourth-order valence-electron chi connectivity index (χ4n) is 1.47. The smallest absolute Gasteiger partial charge is 0.166 e. The number of rotatable bonds is 6. The summed E-state index contributed by atoms with van der Waals surface area (Å²) >= 11 is 0. The molecule has 18 heavy (non-hydrogen) atoms. The van der Waals surface area contributed by atoms with Gasteiger partial charge in [-0.2, -0.15) is 0 Å². The normalized spacial score (nSPS) is 10.3. The minimum Gasteiger partial charge on any atom is -0.507 e. The van der Waals surface area contributed by atoms with E-state index in [2.05, 4.69) is 10.0 Å². The van der Waals surface area contributed by atoms with Crippen molar-refractivity contribution >= 4 is 11.9 Å². The molecular formula is C13H15N3O2. The molecule has 1 aromatic carbocycles. The van der Waals surface area contributed by atoms with E-state index in [0.29, 0.717) is 24.9 Å². The third kappa shape index (κ3) is 3.96. The van der Waals surface area contributed by atoms with Crippen LogP contribution < -0.4 is 0 Å². The zero-order valence-electron chi connectivity index (χ0n) is 10.2. The van der Waals surface area contributed by atoms with Gasteiger partial charge < -0.3 is 5.11 Å². The summed E-state index contributed by atoms with van der Waals surface area (Å²) in [5.41, 5.74) is 9.29. The zero-order chi connectivity index (χ0) is 13.4. The number of azide groups is 1. The van der Waals surface area contributed by atoms with E-state index in [1.807, 2.05) is 12.2 Å². The quantitative estimate of drug-likeness (QED) is 0.272. The second-order valence-electron chi connectivity index (χ2n) is 3.70. The largest absolute Gasteiger partial charge is 0.507 e. The zero-order valence-corrected chi connectivity index (χ0v) is 10.2. The average molecular weight is 245 g/mol. The fourth-order valence-corrected chi connectivity index (χ4v) is 1.47. The second kappa shape index (κ2) is 7.14. The summed E-state index contributed by atoms with van der Waals surface area (Å²) in [4.78, 5) is 14.2. The first-order chi connectivity index (χ1) is 8.69. The Hall–Kier alpha value is -2.26. The second-order valence-corrected chi connectivity index (χ2v) is 3.70. The Kier molecular flexibility index (Phi) is 5.48. The van der Waals surface area contributed by atoms with Crippen LogP contribution in [0.5, 0.6) is 5.75 Å². The lowest BCUT2D eigenvalue weighted by molar-refractivity contribution is 0.0985. The van der Waals surface area contributed by atoms with Crippen molar-refractivity contribution in [2.75, 3.05) is 6.54 Å². The summed E-state index contributed by atoms with van der Waals surface area (Å²) in [6.07, 6.45) is 4.69. The summed E-state index contributed by atoms with van der Waals surface area (Å²) < 4.78 is 0. The Morgan fingerprint density at radius 2 is 2.33 bits per heavy atom. The third-order valence-corrected chi connectivity index (χ3v) is 2.41. The molecular weight excluding hydrogens is 230 g/mol. The van der Waals surface area contributed by atoms with Crippen LogP contribution in [0.15, 0.2) is 29.4 Å². The number of hydrogen-bond acceptors (Lipinski definition) is 3. The molecule has 0 heterocycles. The van der Waals surface area contributed by atoms with Gasteiger partial charge in [0.25, 0.3) is 0 Å². The lowest BCUT2D eigenvalue weighted by Crippen LogP contribution is -1.97. The van der Waals surface area contributed by atoms with Crippen LogP contribution in [0.2, 0.25) is 0 Å². The highest BCUT2D eigenvalue weighted by atomic mass is 16.3. The van der Waals surface area contributed by atoms with Gasteiger partial charge in [0.15, 0.2) is 5.78 Å². The van der Waals surface area contributed by atoms with E-state index in [0.717, 1.165) is 5.56 Å². The van der Waals surface area contributed by atoms with Gasteiger partial charge in [-0.05, 0) is 29.6 Å². The van der Waals surface area contributed by atoms with Gasteiger partial charge in [0, 0.05) is 17.9 Å². The predicted octanol–water partition coefficient (Wildman–Crippen LogP) is 3.70. The summed E-state index contributed by atoms with van der Waals surface area (Å²) in [6.45, 7) is 2.16. The van der Waals surface area contributed by atoms with E-state index in [1.165, 1.54) is 6.07 Å².